The van der Waals surface area contributed by atoms with Crippen molar-refractivity contribution >= 4 is 0 Å². The second kappa shape index (κ2) is 4.25. The average molecular weight is 203 g/mol. The Morgan fingerprint density at radius 3 is 2.87 bits per heavy atom. The molecule has 2 aromatic rings. The van der Waals surface area contributed by atoms with Gasteiger partial charge in [0, 0.05) is 18.0 Å². The number of nitrogens with one attached hydrogen (secondary N) is 1. The smallest absolute Gasteiger partial charge is 0.105 e. The maximum absolute atomic E-state index is 5.55. The Hall–Kier alpha value is -1.65. The zero-order valence-corrected chi connectivity index (χ0v) is 8.47. The second-order valence-corrected chi connectivity index (χ2v) is 3.32. The molecular formula is C11H13N3O. The summed E-state index contributed by atoms with van der Waals surface area (Å²) in [5.41, 5.74) is 4.81. The number of nitrogens with two attached hydrogens (primary N) is 1. The summed E-state index contributed by atoms with van der Waals surface area (Å²) in [6.45, 7) is 1.91. The first-order valence-electron chi connectivity index (χ1n) is 4.73. The Morgan fingerprint density at radius 2 is 2.33 bits per heavy atom. The van der Waals surface area contributed by atoms with Crippen molar-refractivity contribution in [3.8, 4) is 0 Å². The molecule has 0 saturated heterocycles. The third-order valence-electron chi connectivity index (χ3n) is 2.39. The molecule has 1 atom stereocenters. The lowest BCUT2D eigenvalue weighted by molar-refractivity contribution is 0.520. The van der Waals surface area contributed by atoms with E-state index in [-0.39, 0.29) is 6.04 Å². The largest absolute Gasteiger partial charge is 0.469 e. The molecule has 78 valence electrons. The molecule has 2 rings (SSSR count). The maximum atomic E-state index is 5.55. The molecule has 4 nitrogen and oxygen atoms in total. The van der Waals surface area contributed by atoms with Crippen molar-refractivity contribution in [2.45, 2.75) is 13.0 Å². The fraction of sp³-hybridized carbons (Fsp3) is 0.182. The van der Waals surface area contributed by atoms with Gasteiger partial charge in [0.05, 0.1) is 12.3 Å². The van der Waals surface area contributed by atoms with Crippen LogP contribution in [0.1, 0.15) is 22.9 Å². The van der Waals surface area contributed by atoms with Crippen LogP contribution in [0.15, 0.2) is 41.3 Å². The molecule has 4 heteroatoms. The summed E-state index contributed by atoms with van der Waals surface area (Å²) < 4.78 is 5.25. The van der Waals surface area contributed by atoms with Crippen molar-refractivity contribution in [3.05, 3.63) is 53.7 Å². The van der Waals surface area contributed by atoms with E-state index in [1.807, 2.05) is 25.1 Å². The van der Waals surface area contributed by atoms with E-state index in [0.717, 1.165) is 16.9 Å². The summed E-state index contributed by atoms with van der Waals surface area (Å²) in [5, 5.41) is 0. The molecule has 0 saturated carbocycles. The minimum absolute atomic E-state index is 0.0718. The number of hydrogen-bond donors (Lipinski definition) is 2. The van der Waals surface area contributed by atoms with Crippen LogP contribution in [0, 0.1) is 6.92 Å². The van der Waals surface area contributed by atoms with E-state index in [1.54, 1.807) is 18.7 Å². The fourth-order valence-corrected chi connectivity index (χ4v) is 1.61. The number of aryl methyl sites for hydroxylation is 1. The van der Waals surface area contributed by atoms with Crippen LogP contribution in [-0.4, -0.2) is 4.98 Å². The van der Waals surface area contributed by atoms with Crippen LogP contribution in [0.5, 0.6) is 0 Å². The number of pyridine rings is 1. The summed E-state index contributed by atoms with van der Waals surface area (Å²) in [6, 6.07) is 5.70. The molecule has 2 heterocycles. The Labute approximate surface area is 88.1 Å². The first-order valence-corrected chi connectivity index (χ1v) is 4.73. The summed E-state index contributed by atoms with van der Waals surface area (Å²) in [5.74, 6) is 6.41. The van der Waals surface area contributed by atoms with Gasteiger partial charge >= 0.3 is 0 Å². The molecule has 0 aliphatic heterocycles. The Balaban J connectivity index is 2.37. The van der Waals surface area contributed by atoms with Crippen LogP contribution in [0.4, 0.5) is 0 Å². The SMILES string of the molecule is Cc1occc1C(NN)c1cccnc1. The zero-order valence-electron chi connectivity index (χ0n) is 8.47. The van der Waals surface area contributed by atoms with Gasteiger partial charge in [0.15, 0.2) is 0 Å². The Kier molecular flexibility index (Phi) is 2.80. The maximum Gasteiger partial charge on any atom is 0.105 e. The van der Waals surface area contributed by atoms with Gasteiger partial charge in [0.2, 0.25) is 0 Å². The van der Waals surface area contributed by atoms with Gasteiger partial charge < -0.3 is 4.42 Å². The number of aromatic nitrogens is 1. The molecule has 0 aromatic carbocycles. The van der Waals surface area contributed by atoms with Crippen LogP contribution < -0.4 is 11.3 Å². The predicted molar refractivity (Wildman–Crippen MR) is 56.8 cm³/mol. The zero-order chi connectivity index (χ0) is 10.7. The molecule has 1 unspecified atom stereocenters. The minimum atomic E-state index is -0.0718. The van der Waals surface area contributed by atoms with Gasteiger partial charge in [-0.1, -0.05) is 6.07 Å². The molecule has 15 heavy (non-hydrogen) atoms. The van der Waals surface area contributed by atoms with E-state index in [9.17, 15) is 0 Å². The Morgan fingerprint density at radius 1 is 1.47 bits per heavy atom. The summed E-state index contributed by atoms with van der Waals surface area (Å²) in [4.78, 5) is 4.07. The van der Waals surface area contributed by atoms with Gasteiger partial charge in [0.1, 0.15) is 5.76 Å². The number of hydrogen-bond acceptors (Lipinski definition) is 4. The first kappa shape index (κ1) is 9.89. The summed E-state index contributed by atoms with van der Waals surface area (Å²) >= 11 is 0. The molecule has 0 fully saturated rings. The molecule has 0 spiro atoms. The summed E-state index contributed by atoms with van der Waals surface area (Å²) in [7, 11) is 0. The van der Waals surface area contributed by atoms with E-state index >= 15 is 0 Å². The average Bonchev–Trinajstić information content (AvgIpc) is 2.68. The summed E-state index contributed by atoms with van der Waals surface area (Å²) in [6.07, 6.45) is 5.18. The third kappa shape index (κ3) is 1.91. The monoisotopic (exact) mass is 203 g/mol. The Bertz CT molecular complexity index is 424. The topological polar surface area (TPSA) is 64.1 Å². The molecule has 0 bridgehead atoms. The van der Waals surface area contributed by atoms with Gasteiger partial charge in [-0.2, -0.15) is 0 Å². The van der Waals surface area contributed by atoms with Crippen LogP contribution in [0.3, 0.4) is 0 Å². The van der Waals surface area contributed by atoms with Gasteiger partial charge in [-0.3, -0.25) is 10.8 Å². The number of nitrogens with zero attached hydrogens (tertiary/aromatic N) is 1. The normalized spacial score (nSPS) is 12.7. The highest BCUT2D eigenvalue weighted by atomic mass is 16.3. The van der Waals surface area contributed by atoms with Gasteiger partial charge in [0.25, 0.3) is 0 Å². The third-order valence-corrected chi connectivity index (χ3v) is 2.39. The first-order chi connectivity index (χ1) is 7.33. The molecule has 2 aromatic heterocycles. The lowest BCUT2D eigenvalue weighted by Gasteiger charge is -2.14. The van der Waals surface area contributed by atoms with E-state index in [1.165, 1.54) is 0 Å². The van der Waals surface area contributed by atoms with Crippen molar-refractivity contribution in [1.29, 1.82) is 0 Å². The van der Waals surface area contributed by atoms with Crippen molar-refractivity contribution in [2.75, 3.05) is 0 Å². The molecule has 3 N–H and O–H groups in total. The van der Waals surface area contributed by atoms with E-state index in [2.05, 4.69) is 10.4 Å². The van der Waals surface area contributed by atoms with E-state index < -0.39 is 0 Å². The highest BCUT2D eigenvalue weighted by molar-refractivity contribution is 5.30. The van der Waals surface area contributed by atoms with Crippen molar-refractivity contribution in [3.63, 3.8) is 0 Å². The van der Waals surface area contributed by atoms with Crippen molar-refractivity contribution in [1.82, 2.24) is 10.4 Å². The van der Waals surface area contributed by atoms with Crippen LogP contribution in [0.25, 0.3) is 0 Å². The number of furan rings is 1. The highest BCUT2D eigenvalue weighted by Crippen LogP contribution is 2.23. The quantitative estimate of drug-likeness (QED) is 0.586. The highest BCUT2D eigenvalue weighted by Gasteiger charge is 2.16. The van der Waals surface area contributed by atoms with E-state index in [4.69, 9.17) is 10.3 Å². The molecule has 0 aliphatic rings. The minimum Gasteiger partial charge on any atom is -0.469 e. The van der Waals surface area contributed by atoms with Crippen molar-refractivity contribution < 1.29 is 4.42 Å². The van der Waals surface area contributed by atoms with Crippen LogP contribution >= 0.6 is 0 Å². The molecule has 0 aliphatic carbocycles. The van der Waals surface area contributed by atoms with Gasteiger partial charge in [-0.05, 0) is 24.6 Å². The second-order valence-electron chi connectivity index (χ2n) is 3.32. The van der Waals surface area contributed by atoms with Gasteiger partial charge in [-0.25, -0.2) is 5.43 Å². The predicted octanol–water partition coefficient (Wildman–Crippen LogP) is 1.54. The number of rotatable bonds is 3. The van der Waals surface area contributed by atoms with E-state index in [0.29, 0.717) is 0 Å². The molecule has 0 amide bonds. The van der Waals surface area contributed by atoms with Crippen LogP contribution in [-0.2, 0) is 0 Å². The standard InChI is InChI=1S/C11H13N3O/c1-8-10(4-6-15-8)11(14-12)9-3-2-5-13-7-9/h2-7,11,14H,12H2,1H3. The van der Waals surface area contributed by atoms with Crippen molar-refractivity contribution in [2.24, 2.45) is 5.84 Å². The lowest BCUT2D eigenvalue weighted by Crippen LogP contribution is -2.29. The lowest BCUT2D eigenvalue weighted by atomic mass is 10.0. The van der Waals surface area contributed by atoms with Gasteiger partial charge in [-0.15, -0.1) is 0 Å². The fourth-order valence-electron chi connectivity index (χ4n) is 1.61. The number of hydrazine groups is 1. The molecular weight excluding hydrogens is 190 g/mol. The van der Waals surface area contributed by atoms with Crippen LogP contribution in [0.2, 0.25) is 0 Å². The molecule has 0 radical (unpaired) electrons.